The zero-order valence-corrected chi connectivity index (χ0v) is 17.2. The molecule has 1 aromatic carbocycles. The quantitative estimate of drug-likeness (QED) is 0.552. The van der Waals surface area contributed by atoms with E-state index in [1.807, 2.05) is 56.4 Å². The number of rotatable bonds is 2. The fourth-order valence-corrected chi connectivity index (χ4v) is 4.36. The molecular formula is C24H31N3O2. The van der Waals surface area contributed by atoms with Crippen LogP contribution in [0.25, 0.3) is 11.0 Å². The molecule has 0 spiro atoms. The molecule has 5 rings (SSSR count). The minimum absolute atomic E-state index is 0. The minimum Gasteiger partial charge on any atom is -0.441 e. The number of fused-ring (bicyclic) bond motifs is 1. The first kappa shape index (κ1) is 19.5. The van der Waals surface area contributed by atoms with Gasteiger partial charge in [0.05, 0.1) is 17.1 Å². The maximum Gasteiger partial charge on any atom is 0.408 e. The summed E-state index contributed by atoms with van der Waals surface area (Å²) in [5, 5.41) is 2.80. The van der Waals surface area contributed by atoms with Gasteiger partial charge in [-0.1, -0.05) is 49.6 Å². The summed E-state index contributed by atoms with van der Waals surface area (Å²) in [6.45, 7) is 3.81. The number of H-pyrrole nitrogens is 1. The number of benzene rings is 1. The number of amides is 1. The van der Waals surface area contributed by atoms with Gasteiger partial charge in [0.1, 0.15) is 5.60 Å². The molecule has 154 valence electrons. The third-order valence-electron chi connectivity index (χ3n) is 5.94. The predicted molar refractivity (Wildman–Crippen MR) is 117 cm³/mol. The third-order valence-corrected chi connectivity index (χ3v) is 5.94. The lowest BCUT2D eigenvalue weighted by Gasteiger charge is -2.23. The number of hydrogen-bond donors (Lipinski definition) is 2. The molecule has 3 aromatic rings. The Morgan fingerprint density at radius 3 is 2.52 bits per heavy atom. The van der Waals surface area contributed by atoms with Gasteiger partial charge in [-0.15, -0.1) is 0 Å². The second kappa shape index (κ2) is 8.27. The van der Waals surface area contributed by atoms with Gasteiger partial charge in [-0.2, -0.15) is 0 Å². The van der Waals surface area contributed by atoms with Crippen molar-refractivity contribution in [3.05, 3.63) is 66.0 Å². The van der Waals surface area contributed by atoms with Crippen molar-refractivity contribution in [3.63, 3.8) is 0 Å². The van der Waals surface area contributed by atoms with Crippen molar-refractivity contribution in [2.75, 3.05) is 0 Å². The standard InChI is InChI=1S/C13H16N2.C11H13NO2.H2/c1-2-4-10(5-3-1)11-8-13-12(15-9-11)6-7-14-13;1-11(2)9(12-10(13)14-11)8-6-4-3-5-7-8;/h6-10,14H,1-5H2;3-7,9H,1-2H3,(H,12,13);1H/t;9-;/m.0./s1. The van der Waals surface area contributed by atoms with Gasteiger partial charge in [0.2, 0.25) is 0 Å². The molecule has 2 N–H and O–H groups in total. The summed E-state index contributed by atoms with van der Waals surface area (Å²) in [6, 6.07) is 14.1. The Labute approximate surface area is 173 Å². The predicted octanol–water partition coefficient (Wildman–Crippen LogP) is 6.10. The van der Waals surface area contributed by atoms with Gasteiger partial charge in [-0.05, 0) is 55.9 Å². The smallest absolute Gasteiger partial charge is 0.408 e. The highest BCUT2D eigenvalue weighted by Gasteiger charge is 2.41. The lowest BCUT2D eigenvalue weighted by molar-refractivity contribution is 0.0684. The molecule has 2 fully saturated rings. The number of carbonyl (C=O) groups excluding carboxylic acids is 1. The van der Waals surface area contributed by atoms with E-state index < -0.39 is 5.60 Å². The van der Waals surface area contributed by atoms with Gasteiger partial charge in [0.15, 0.2) is 0 Å². The zero-order chi connectivity index (χ0) is 20.3. The van der Waals surface area contributed by atoms with Crippen molar-refractivity contribution >= 4 is 17.1 Å². The highest BCUT2D eigenvalue weighted by atomic mass is 16.6. The largest absolute Gasteiger partial charge is 0.441 e. The first-order valence-electron chi connectivity index (χ1n) is 10.5. The van der Waals surface area contributed by atoms with Crippen LogP contribution >= 0.6 is 0 Å². The lowest BCUT2D eigenvalue weighted by atomic mass is 9.85. The molecule has 2 aromatic heterocycles. The normalized spacial score (nSPS) is 21.2. The van der Waals surface area contributed by atoms with Crippen LogP contribution in [0.15, 0.2) is 54.9 Å². The fraction of sp³-hybridized carbons (Fsp3) is 0.417. The van der Waals surface area contributed by atoms with E-state index in [1.54, 1.807) is 0 Å². The Hall–Kier alpha value is -2.82. The third kappa shape index (κ3) is 4.44. The summed E-state index contributed by atoms with van der Waals surface area (Å²) >= 11 is 0. The Balaban J connectivity index is 0.000000166. The van der Waals surface area contributed by atoms with Gasteiger partial charge >= 0.3 is 6.09 Å². The number of carbonyl (C=O) groups is 1. The van der Waals surface area contributed by atoms with Crippen LogP contribution < -0.4 is 5.32 Å². The van der Waals surface area contributed by atoms with Gasteiger partial charge < -0.3 is 15.0 Å². The van der Waals surface area contributed by atoms with Crippen molar-refractivity contribution < 1.29 is 11.0 Å². The van der Waals surface area contributed by atoms with E-state index in [2.05, 4.69) is 27.5 Å². The Kier molecular flexibility index (Phi) is 5.56. The Bertz CT molecular complexity index is 965. The van der Waals surface area contributed by atoms with Gasteiger partial charge in [-0.3, -0.25) is 4.98 Å². The minimum atomic E-state index is -0.474. The summed E-state index contributed by atoms with van der Waals surface area (Å²) in [5.74, 6) is 0.749. The van der Waals surface area contributed by atoms with Gasteiger partial charge in [-0.25, -0.2) is 4.79 Å². The summed E-state index contributed by atoms with van der Waals surface area (Å²) in [5.41, 5.74) is 4.28. The van der Waals surface area contributed by atoms with Crippen LogP contribution in [-0.2, 0) is 4.74 Å². The number of aromatic nitrogens is 2. The van der Waals surface area contributed by atoms with Gasteiger partial charge in [0.25, 0.3) is 0 Å². The molecule has 0 radical (unpaired) electrons. The molecular weight excluding hydrogens is 362 g/mol. The van der Waals surface area contributed by atoms with E-state index in [4.69, 9.17) is 4.74 Å². The van der Waals surface area contributed by atoms with Crippen LogP contribution in [0.3, 0.4) is 0 Å². The molecule has 2 aliphatic rings. The maximum atomic E-state index is 11.1. The van der Waals surface area contributed by atoms with Crippen molar-refractivity contribution in [1.29, 1.82) is 0 Å². The molecule has 0 unspecified atom stereocenters. The molecule has 5 heteroatoms. The molecule has 1 atom stereocenters. The number of hydrogen-bond acceptors (Lipinski definition) is 3. The summed E-state index contributed by atoms with van der Waals surface area (Å²) in [7, 11) is 0. The van der Waals surface area contributed by atoms with Crippen molar-refractivity contribution in [3.8, 4) is 0 Å². The highest BCUT2D eigenvalue weighted by Crippen LogP contribution is 2.34. The summed E-state index contributed by atoms with van der Waals surface area (Å²) in [4.78, 5) is 18.8. The molecule has 5 nitrogen and oxygen atoms in total. The second-order valence-corrected chi connectivity index (χ2v) is 8.50. The molecule has 1 saturated carbocycles. The number of ether oxygens (including phenoxy) is 1. The van der Waals surface area contributed by atoms with Crippen LogP contribution in [0.2, 0.25) is 0 Å². The van der Waals surface area contributed by atoms with Gasteiger partial charge in [0, 0.05) is 13.8 Å². The molecule has 1 aliphatic carbocycles. The molecule has 3 heterocycles. The first-order chi connectivity index (χ1) is 14.0. The molecule has 0 bridgehead atoms. The summed E-state index contributed by atoms with van der Waals surface area (Å²) in [6.07, 6.45) is 10.5. The average Bonchev–Trinajstić information content (AvgIpc) is 3.32. The maximum absolute atomic E-state index is 11.1. The van der Waals surface area contributed by atoms with Crippen molar-refractivity contribution in [2.24, 2.45) is 0 Å². The number of cyclic esters (lactones) is 1. The number of nitrogens with one attached hydrogen (secondary N) is 2. The van der Waals surface area contributed by atoms with E-state index in [0.29, 0.717) is 0 Å². The number of nitrogens with zero attached hydrogens (tertiary/aromatic N) is 1. The SMILES string of the molecule is CC1(C)OC(=O)N[C@H]1c1ccccc1.[HH].c1cc2ncc(C3CCCCC3)cc2[nH]1. The molecule has 1 saturated heterocycles. The fourth-order valence-electron chi connectivity index (χ4n) is 4.36. The average molecular weight is 394 g/mol. The topological polar surface area (TPSA) is 67.0 Å². The van der Waals surface area contributed by atoms with E-state index in [9.17, 15) is 4.79 Å². The van der Waals surface area contributed by atoms with Crippen LogP contribution in [0.4, 0.5) is 4.79 Å². The monoisotopic (exact) mass is 393 g/mol. The Morgan fingerprint density at radius 1 is 1.07 bits per heavy atom. The van der Waals surface area contributed by atoms with E-state index in [0.717, 1.165) is 17.0 Å². The van der Waals surface area contributed by atoms with Crippen molar-refractivity contribution in [1.82, 2.24) is 15.3 Å². The van der Waals surface area contributed by atoms with Crippen LogP contribution in [0.1, 0.15) is 70.5 Å². The molecule has 1 aliphatic heterocycles. The van der Waals surface area contributed by atoms with Crippen LogP contribution in [-0.4, -0.2) is 21.7 Å². The Morgan fingerprint density at radius 2 is 1.83 bits per heavy atom. The lowest BCUT2D eigenvalue weighted by Crippen LogP contribution is -2.29. The van der Waals surface area contributed by atoms with E-state index >= 15 is 0 Å². The van der Waals surface area contributed by atoms with E-state index in [1.165, 1.54) is 43.2 Å². The highest BCUT2D eigenvalue weighted by molar-refractivity contribution is 5.75. The molecule has 29 heavy (non-hydrogen) atoms. The zero-order valence-electron chi connectivity index (χ0n) is 17.2. The van der Waals surface area contributed by atoms with Crippen LogP contribution in [0.5, 0.6) is 0 Å². The first-order valence-corrected chi connectivity index (χ1v) is 10.5. The van der Waals surface area contributed by atoms with E-state index in [-0.39, 0.29) is 13.6 Å². The number of alkyl carbamates (subject to hydrolysis) is 1. The molecule has 1 amide bonds. The second-order valence-electron chi connectivity index (χ2n) is 8.50. The van der Waals surface area contributed by atoms with Crippen LogP contribution in [0, 0.1) is 0 Å². The van der Waals surface area contributed by atoms with Crippen molar-refractivity contribution in [2.45, 2.75) is 63.5 Å². The number of pyridine rings is 1. The summed E-state index contributed by atoms with van der Waals surface area (Å²) < 4.78 is 5.17. The number of aromatic amines is 1.